The van der Waals surface area contributed by atoms with Gasteiger partial charge in [0.2, 0.25) is 0 Å². The summed E-state index contributed by atoms with van der Waals surface area (Å²) >= 11 is 0. The van der Waals surface area contributed by atoms with Crippen LogP contribution in [0.1, 0.15) is 78.5 Å². The van der Waals surface area contributed by atoms with Crippen molar-refractivity contribution in [1.82, 2.24) is 0 Å². The zero-order valence-electron chi connectivity index (χ0n) is 20.8. The number of fused-ring (bicyclic) bond motifs is 1. The molecule has 4 heteroatoms. The Morgan fingerprint density at radius 2 is 1.77 bits per heavy atom. The van der Waals surface area contributed by atoms with Gasteiger partial charge in [-0.25, -0.2) is 0 Å². The van der Waals surface area contributed by atoms with Crippen molar-refractivity contribution in [3.05, 3.63) is 94.9 Å². The van der Waals surface area contributed by atoms with E-state index in [1.54, 1.807) is 6.07 Å². The Hall–Kier alpha value is -3.14. The predicted octanol–water partition coefficient (Wildman–Crippen LogP) is 6.81. The zero-order valence-corrected chi connectivity index (χ0v) is 20.8. The van der Waals surface area contributed by atoms with Crippen molar-refractivity contribution in [3.8, 4) is 0 Å². The standard InChI is InChI=1S/C31H34O4/c1-20-13-15-25(22(3)23-9-5-4-6-10-23)27(19-20)35-30(33)31(28-16-14-21(2)34-28)18-17-24-11-7-8-12-26(24)29(31)32/h4-12,14,16,20,22,25,27H,13,15,17-19H2,1-3H3. The van der Waals surface area contributed by atoms with Crippen molar-refractivity contribution in [2.45, 2.75) is 70.3 Å². The van der Waals surface area contributed by atoms with Gasteiger partial charge in [0.15, 0.2) is 11.2 Å². The summed E-state index contributed by atoms with van der Waals surface area (Å²) in [5.74, 6) is 1.34. The molecule has 0 N–H and O–H groups in total. The Kier molecular flexibility index (Phi) is 6.39. The number of ketones is 1. The molecule has 2 aromatic carbocycles. The van der Waals surface area contributed by atoms with Crippen LogP contribution >= 0.6 is 0 Å². The van der Waals surface area contributed by atoms with Gasteiger partial charge in [0.05, 0.1) is 0 Å². The van der Waals surface area contributed by atoms with Crippen molar-refractivity contribution in [3.63, 3.8) is 0 Å². The lowest BCUT2D eigenvalue weighted by atomic mass is 9.68. The Morgan fingerprint density at radius 3 is 2.51 bits per heavy atom. The number of hydrogen-bond acceptors (Lipinski definition) is 4. The molecule has 35 heavy (non-hydrogen) atoms. The molecule has 1 heterocycles. The van der Waals surface area contributed by atoms with Gasteiger partial charge in [-0.3, -0.25) is 9.59 Å². The van der Waals surface area contributed by atoms with Gasteiger partial charge < -0.3 is 9.15 Å². The third kappa shape index (κ3) is 4.24. The molecule has 0 bridgehead atoms. The van der Waals surface area contributed by atoms with Crippen LogP contribution in [0.4, 0.5) is 0 Å². The normalized spacial score (nSPS) is 27.2. The van der Waals surface area contributed by atoms with Gasteiger partial charge in [0.25, 0.3) is 0 Å². The summed E-state index contributed by atoms with van der Waals surface area (Å²) in [4.78, 5) is 28.1. The minimum atomic E-state index is -1.44. The summed E-state index contributed by atoms with van der Waals surface area (Å²) in [6.45, 7) is 6.28. The lowest BCUT2D eigenvalue weighted by Gasteiger charge is -2.40. The highest BCUT2D eigenvalue weighted by molar-refractivity contribution is 6.18. The van der Waals surface area contributed by atoms with Crippen molar-refractivity contribution in [2.24, 2.45) is 11.8 Å². The third-order valence-electron chi connectivity index (χ3n) is 8.26. The van der Waals surface area contributed by atoms with Gasteiger partial charge in [-0.05, 0) is 67.7 Å². The first-order chi connectivity index (χ1) is 16.9. The molecule has 1 fully saturated rings. The molecular weight excluding hydrogens is 436 g/mol. The number of Topliss-reactive ketones (excluding diaryl/α,β-unsaturated/α-hetero) is 1. The summed E-state index contributed by atoms with van der Waals surface area (Å²) in [5.41, 5.74) is 1.39. The topological polar surface area (TPSA) is 56.5 Å². The molecule has 0 aliphatic heterocycles. The highest BCUT2D eigenvalue weighted by Gasteiger charge is 2.55. The number of carbonyl (C=O) groups is 2. The third-order valence-corrected chi connectivity index (χ3v) is 8.26. The van der Waals surface area contributed by atoms with E-state index in [0.717, 1.165) is 24.8 Å². The second-order valence-corrected chi connectivity index (χ2v) is 10.5. The first-order valence-electron chi connectivity index (χ1n) is 12.9. The van der Waals surface area contributed by atoms with E-state index in [1.165, 1.54) is 5.56 Å². The van der Waals surface area contributed by atoms with E-state index in [1.807, 2.05) is 43.3 Å². The van der Waals surface area contributed by atoms with Crippen molar-refractivity contribution in [2.75, 3.05) is 0 Å². The largest absolute Gasteiger partial charge is 0.465 e. The second-order valence-electron chi connectivity index (χ2n) is 10.5. The first kappa shape index (κ1) is 23.6. The van der Waals surface area contributed by atoms with Gasteiger partial charge in [0, 0.05) is 11.5 Å². The van der Waals surface area contributed by atoms with Gasteiger partial charge in [-0.2, -0.15) is 0 Å². The average molecular weight is 471 g/mol. The summed E-state index contributed by atoms with van der Waals surface area (Å²) < 4.78 is 12.4. The molecule has 4 nitrogen and oxygen atoms in total. The Bertz CT molecular complexity index is 1210. The minimum Gasteiger partial charge on any atom is -0.465 e. The summed E-state index contributed by atoms with van der Waals surface area (Å²) in [7, 11) is 0. The minimum absolute atomic E-state index is 0.207. The number of hydrogen-bond donors (Lipinski definition) is 0. The van der Waals surface area contributed by atoms with Crippen LogP contribution in [0.5, 0.6) is 0 Å². The molecule has 5 unspecified atom stereocenters. The maximum Gasteiger partial charge on any atom is 0.328 e. The number of ether oxygens (including phenoxy) is 1. The van der Waals surface area contributed by atoms with Crippen molar-refractivity contribution < 1.29 is 18.7 Å². The van der Waals surface area contributed by atoms with Gasteiger partial charge in [0.1, 0.15) is 17.6 Å². The summed E-state index contributed by atoms with van der Waals surface area (Å²) in [6, 6.07) is 21.6. The zero-order chi connectivity index (χ0) is 24.6. The molecule has 5 rings (SSSR count). The lowest BCUT2D eigenvalue weighted by molar-refractivity contribution is -0.161. The van der Waals surface area contributed by atoms with E-state index in [9.17, 15) is 9.59 Å². The van der Waals surface area contributed by atoms with E-state index in [4.69, 9.17) is 9.15 Å². The van der Waals surface area contributed by atoms with Crippen LogP contribution in [0.3, 0.4) is 0 Å². The molecule has 1 aromatic heterocycles. The molecule has 1 saturated carbocycles. The smallest absolute Gasteiger partial charge is 0.328 e. The van der Waals surface area contributed by atoms with Crippen molar-refractivity contribution >= 4 is 11.8 Å². The van der Waals surface area contributed by atoms with Crippen LogP contribution < -0.4 is 0 Å². The van der Waals surface area contributed by atoms with Gasteiger partial charge >= 0.3 is 5.97 Å². The van der Waals surface area contributed by atoms with E-state index >= 15 is 0 Å². The first-order valence-corrected chi connectivity index (χ1v) is 12.9. The Labute approximate surface area is 207 Å². The molecule has 182 valence electrons. The molecule has 0 radical (unpaired) electrons. The highest BCUT2D eigenvalue weighted by atomic mass is 16.5. The van der Waals surface area contributed by atoms with E-state index in [-0.39, 0.29) is 23.7 Å². The average Bonchev–Trinajstić information content (AvgIpc) is 3.31. The Morgan fingerprint density at radius 1 is 1.03 bits per heavy atom. The predicted molar refractivity (Wildman–Crippen MR) is 135 cm³/mol. The number of carbonyl (C=O) groups excluding carboxylic acids is 2. The number of furan rings is 1. The van der Waals surface area contributed by atoms with E-state index < -0.39 is 11.4 Å². The van der Waals surface area contributed by atoms with Crippen LogP contribution in [0.15, 0.2) is 71.1 Å². The molecular formula is C31H34O4. The summed E-state index contributed by atoms with van der Waals surface area (Å²) in [6.07, 6.45) is 3.67. The number of esters is 1. The fraction of sp³-hybridized carbons (Fsp3) is 0.419. The SMILES string of the molecule is Cc1ccc(C2(C(=O)OC3CC(C)CCC3C(C)c3ccccc3)CCc3ccccc3C2=O)o1. The number of aryl methyl sites for hydroxylation is 2. The molecule has 2 aliphatic rings. The van der Waals surface area contributed by atoms with Gasteiger partial charge in [-0.1, -0.05) is 74.9 Å². The van der Waals surface area contributed by atoms with Crippen LogP contribution in [-0.4, -0.2) is 17.9 Å². The molecule has 5 atom stereocenters. The number of rotatable bonds is 5. The molecule has 3 aromatic rings. The molecule has 2 aliphatic carbocycles. The van der Waals surface area contributed by atoms with Crippen LogP contribution in [0, 0.1) is 18.8 Å². The maximum atomic E-state index is 14.1. The molecule has 0 amide bonds. The van der Waals surface area contributed by atoms with E-state index in [0.29, 0.717) is 35.8 Å². The molecule has 0 spiro atoms. The summed E-state index contributed by atoms with van der Waals surface area (Å²) in [5, 5.41) is 0. The fourth-order valence-corrected chi connectivity index (χ4v) is 6.12. The molecule has 0 saturated heterocycles. The van der Waals surface area contributed by atoms with Crippen LogP contribution in [-0.2, 0) is 21.4 Å². The van der Waals surface area contributed by atoms with Gasteiger partial charge in [-0.15, -0.1) is 0 Å². The fourth-order valence-electron chi connectivity index (χ4n) is 6.12. The van der Waals surface area contributed by atoms with Crippen LogP contribution in [0.2, 0.25) is 0 Å². The van der Waals surface area contributed by atoms with Crippen LogP contribution in [0.25, 0.3) is 0 Å². The quantitative estimate of drug-likeness (QED) is 0.304. The maximum absolute atomic E-state index is 14.1. The Balaban J connectivity index is 1.50. The lowest BCUT2D eigenvalue weighted by Crippen LogP contribution is -2.50. The number of benzene rings is 2. The monoisotopic (exact) mass is 470 g/mol. The van der Waals surface area contributed by atoms with E-state index in [2.05, 4.69) is 38.1 Å². The second kappa shape index (κ2) is 9.49. The van der Waals surface area contributed by atoms with Crippen molar-refractivity contribution in [1.29, 1.82) is 0 Å². The highest BCUT2D eigenvalue weighted by Crippen LogP contribution is 2.44.